The zero-order valence-electron chi connectivity index (χ0n) is 9.91. The summed E-state index contributed by atoms with van der Waals surface area (Å²) < 4.78 is 26.4. The van der Waals surface area contributed by atoms with Crippen LogP contribution in [0.15, 0.2) is 35.4 Å². The van der Waals surface area contributed by atoms with E-state index >= 15 is 0 Å². The molecule has 100 valence electrons. The molecular weight excluding hydrogens is 270 g/mol. The average molecular weight is 281 g/mol. The van der Waals surface area contributed by atoms with Crippen LogP contribution < -0.4 is 4.72 Å². The quantitative estimate of drug-likeness (QED) is 0.780. The second-order valence-electron chi connectivity index (χ2n) is 3.85. The van der Waals surface area contributed by atoms with Gasteiger partial charge < -0.3 is 5.11 Å². The van der Waals surface area contributed by atoms with Crippen molar-refractivity contribution in [3.05, 3.63) is 41.7 Å². The Bertz CT molecular complexity index is 721. The second-order valence-corrected chi connectivity index (χ2v) is 5.50. The van der Waals surface area contributed by atoms with E-state index in [4.69, 9.17) is 5.11 Å². The number of hydrogen-bond donors (Lipinski definition) is 3. The normalized spacial score (nSPS) is 11.2. The van der Waals surface area contributed by atoms with Gasteiger partial charge in [-0.25, -0.2) is 13.2 Å². The summed E-state index contributed by atoms with van der Waals surface area (Å²) in [6.07, 6.45) is 1.19. The van der Waals surface area contributed by atoms with Gasteiger partial charge in [0.05, 0.1) is 17.5 Å². The summed E-state index contributed by atoms with van der Waals surface area (Å²) in [6, 6.07) is 5.56. The summed E-state index contributed by atoms with van der Waals surface area (Å²) in [5.74, 6) is -1.12. The zero-order valence-corrected chi connectivity index (χ0v) is 10.7. The second kappa shape index (κ2) is 4.73. The van der Waals surface area contributed by atoms with E-state index in [1.165, 1.54) is 30.5 Å². The summed E-state index contributed by atoms with van der Waals surface area (Å²) in [4.78, 5) is 10.8. The van der Waals surface area contributed by atoms with E-state index in [0.717, 1.165) is 0 Å². The molecule has 8 heteroatoms. The Morgan fingerprint density at radius 1 is 1.42 bits per heavy atom. The number of benzene rings is 1. The number of anilines is 1. The number of H-pyrrole nitrogens is 1. The van der Waals surface area contributed by atoms with Crippen molar-refractivity contribution in [1.82, 2.24) is 10.2 Å². The summed E-state index contributed by atoms with van der Waals surface area (Å²) in [7, 11) is -3.78. The van der Waals surface area contributed by atoms with Gasteiger partial charge in [0.2, 0.25) is 0 Å². The summed E-state index contributed by atoms with van der Waals surface area (Å²) >= 11 is 0. The van der Waals surface area contributed by atoms with E-state index in [1.807, 2.05) is 0 Å². The molecule has 0 spiro atoms. The fourth-order valence-corrected chi connectivity index (χ4v) is 2.72. The lowest BCUT2D eigenvalue weighted by atomic mass is 10.2. The third-order valence-electron chi connectivity index (χ3n) is 2.43. The Hall–Kier alpha value is -2.35. The highest BCUT2D eigenvalue weighted by Crippen LogP contribution is 2.18. The van der Waals surface area contributed by atoms with Crippen molar-refractivity contribution >= 4 is 21.7 Å². The number of aromatic amines is 1. The number of aromatic nitrogens is 2. The smallest absolute Gasteiger partial charge is 0.335 e. The molecule has 0 amide bonds. The van der Waals surface area contributed by atoms with Crippen molar-refractivity contribution in [2.45, 2.75) is 11.8 Å². The van der Waals surface area contributed by atoms with E-state index in [-0.39, 0.29) is 16.1 Å². The van der Waals surface area contributed by atoms with Crippen molar-refractivity contribution in [3.63, 3.8) is 0 Å². The topological polar surface area (TPSA) is 112 Å². The van der Waals surface area contributed by atoms with Gasteiger partial charge in [-0.3, -0.25) is 9.82 Å². The minimum atomic E-state index is -3.78. The van der Waals surface area contributed by atoms with Gasteiger partial charge in [0.25, 0.3) is 10.0 Å². The predicted molar refractivity (Wildman–Crippen MR) is 67.5 cm³/mol. The Morgan fingerprint density at radius 3 is 2.74 bits per heavy atom. The van der Waals surface area contributed by atoms with E-state index in [1.54, 1.807) is 6.92 Å². The van der Waals surface area contributed by atoms with Crippen molar-refractivity contribution in [2.24, 2.45) is 0 Å². The minimum Gasteiger partial charge on any atom is -0.478 e. The molecule has 0 saturated heterocycles. The van der Waals surface area contributed by atoms with Gasteiger partial charge in [-0.15, -0.1) is 0 Å². The van der Waals surface area contributed by atoms with Gasteiger partial charge >= 0.3 is 5.97 Å². The average Bonchev–Trinajstić information content (AvgIpc) is 2.76. The fraction of sp³-hybridized carbons (Fsp3) is 0.0909. The molecule has 0 unspecified atom stereocenters. The highest BCUT2D eigenvalue weighted by atomic mass is 32.2. The number of hydrogen-bond acceptors (Lipinski definition) is 4. The molecule has 0 saturated carbocycles. The molecule has 0 aliphatic carbocycles. The standard InChI is InChI=1S/C11H11N3O4S/c1-7-10(6-12-13-7)19(17,18)14-9-4-2-3-8(5-9)11(15)16/h2-6,14H,1H3,(H,12,13)(H,15,16). The molecule has 0 fully saturated rings. The maximum atomic E-state index is 12.0. The Labute approximate surface area is 109 Å². The van der Waals surface area contributed by atoms with Crippen molar-refractivity contribution in [3.8, 4) is 0 Å². The molecular formula is C11H11N3O4S. The number of aromatic carboxylic acids is 1. The van der Waals surface area contributed by atoms with Crippen LogP contribution in [0, 0.1) is 6.92 Å². The largest absolute Gasteiger partial charge is 0.478 e. The molecule has 0 aliphatic heterocycles. The molecule has 2 rings (SSSR count). The predicted octanol–water partition coefficient (Wildman–Crippen LogP) is 1.22. The van der Waals surface area contributed by atoms with Crippen LogP contribution in [0.3, 0.4) is 0 Å². The zero-order chi connectivity index (χ0) is 14.0. The molecule has 1 heterocycles. The number of nitrogens with zero attached hydrogens (tertiary/aromatic N) is 1. The van der Waals surface area contributed by atoms with Crippen LogP contribution in [-0.2, 0) is 10.0 Å². The molecule has 0 bridgehead atoms. The maximum absolute atomic E-state index is 12.0. The number of carbonyl (C=O) groups is 1. The first kappa shape index (κ1) is 13.1. The van der Waals surface area contributed by atoms with E-state index in [2.05, 4.69) is 14.9 Å². The molecule has 1 aromatic carbocycles. The third kappa shape index (κ3) is 2.74. The Kier molecular flexibility index (Phi) is 3.26. The fourth-order valence-electron chi connectivity index (χ4n) is 1.54. The molecule has 19 heavy (non-hydrogen) atoms. The van der Waals surface area contributed by atoms with Crippen LogP contribution in [0.5, 0.6) is 0 Å². The van der Waals surface area contributed by atoms with E-state index < -0.39 is 16.0 Å². The highest BCUT2D eigenvalue weighted by Gasteiger charge is 2.19. The molecule has 0 radical (unpaired) electrons. The molecule has 7 nitrogen and oxygen atoms in total. The first-order valence-corrected chi connectivity index (χ1v) is 6.74. The van der Waals surface area contributed by atoms with Gasteiger partial charge in [0.15, 0.2) is 0 Å². The number of aryl methyl sites for hydroxylation is 1. The van der Waals surface area contributed by atoms with Gasteiger partial charge in [-0.2, -0.15) is 5.10 Å². The van der Waals surface area contributed by atoms with Crippen LogP contribution in [0.1, 0.15) is 16.1 Å². The third-order valence-corrected chi connectivity index (χ3v) is 3.93. The Morgan fingerprint density at radius 2 is 2.16 bits per heavy atom. The lowest BCUT2D eigenvalue weighted by molar-refractivity contribution is 0.0697. The van der Waals surface area contributed by atoms with Crippen LogP contribution in [0.25, 0.3) is 0 Å². The van der Waals surface area contributed by atoms with Gasteiger partial charge in [-0.05, 0) is 25.1 Å². The molecule has 3 N–H and O–H groups in total. The van der Waals surface area contributed by atoms with Crippen molar-refractivity contribution in [2.75, 3.05) is 4.72 Å². The van der Waals surface area contributed by atoms with Crippen molar-refractivity contribution in [1.29, 1.82) is 0 Å². The molecule has 0 aliphatic rings. The minimum absolute atomic E-state index is 0.00381. The van der Waals surface area contributed by atoms with Crippen molar-refractivity contribution < 1.29 is 18.3 Å². The van der Waals surface area contributed by atoms with Crippen LogP contribution in [0.4, 0.5) is 5.69 Å². The summed E-state index contributed by atoms with van der Waals surface area (Å²) in [6.45, 7) is 1.58. The summed E-state index contributed by atoms with van der Waals surface area (Å²) in [5, 5.41) is 15.0. The molecule has 0 atom stereocenters. The number of sulfonamides is 1. The van der Waals surface area contributed by atoms with Crippen LogP contribution in [-0.4, -0.2) is 29.7 Å². The lowest BCUT2D eigenvalue weighted by Gasteiger charge is -2.07. The maximum Gasteiger partial charge on any atom is 0.335 e. The summed E-state index contributed by atoms with van der Waals surface area (Å²) in [5.41, 5.74) is 0.589. The number of carboxylic acid groups (broad SMARTS) is 1. The van der Waals surface area contributed by atoms with Gasteiger partial charge in [-0.1, -0.05) is 6.07 Å². The number of carboxylic acids is 1. The number of rotatable bonds is 4. The Balaban J connectivity index is 2.34. The van der Waals surface area contributed by atoms with Crippen LogP contribution >= 0.6 is 0 Å². The van der Waals surface area contributed by atoms with E-state index in [0.29, 0.717) is 5.69 Å². The molecule has 2 aromatic rings. The SMILES string of the molecule is Cc1[nH]ncc1S(=O)(=O)Nc1cccc(C(=O)O)c1. The molecule has 1 aromatic heterocycles. The van der Waals surface area contributed by atoms with Gasteiger partial charge in [0, 0.05) is 5.69 Å². The highest BCUT2D eigenvalue weighted by molar-refractivity contribution is 7.92. The van der Waals surface area contributed by atoms with E-state index in [9.17, 15) is 13.2 Å². The first-order chi connectivity index (χ1) is 8.90. The number of nitrogens with one attached hydrogen (secondary N) is 2. The lowest BCUT2D eigenvalue weighted by Crippen LogP contribution is -2.13. The van der Waals surface area contributed by atoms with Gasteiger partial charge in [0.1, 0.15) is 4.90 Å². The monoisotopic (exact) mass is 281 g/mol. The van der Waals surface area contributed by atoms with Crippen LogP contribution in [0.2, 0.25) is 0 Å². The first-order valence-electron chi connectivity index (χ1n) is 5.26.